The highest BCUT2D eigenvalue weighted by molar-refractivity contribution is 5.90. The van der Waals surface area contributed by atoms with Gasteiger partial charge in [-0.3, -0.25) is 14.2 Å². The molecule has 6 nitrogen and oxygen atoms in total. The number of hydrogen-bond donors (Lipinski definition) is 2. The number of carbonyl (C=O) groups is 1. The number of carbonyl (C=O) groups excluding carboxylic acids is 1. The van der Waals surface area contributed by atoms with Crippen LogP contribution in [0.15, 0.2) is 46.0 Å². The highest BCUT2D eigenvalue weighted by atomic mass is 16.2. The van der Waals surface area contributed by atoms with E-state index in [1.54, 1.807) is 0 Å². The lowest BCUT2D eigenvalue weighted by Crippen LogP contribution is -2.40. The zero-order chi connectivity index (χ0) is 16.4. The van der Waals surface area contributed by atoms with Gasteiger partial charge >= 0.3 is 5.69 Å². The fourth-order valence-electron chi connectivity index (χ4n) is 3.38. The van der Waals surface area contributed by atoms with E-state index in [4.69, 9.17) is 5.73 Å². The molecule has 1 aromatic heterocycles. The molecule has 2 aromatic rings. The van der Waals surface area contributed by atoms with Crippen molar-refractivity contribution in [3.05, 3.63) is 68.5 Å². The third-order valence-corrected chi connectivity index (χ3v) is 4.56. The van der Waals surface area contributed by atoms with E-state index in [2.05, 4.69) is 17.1 Å². The Bertz CT molecular complexity index is 784. The van der Waals surface area contributed by atoms with Crippen LogP contribution in [0.5, 0.6) is 0 Å². The summed E-state index contributed by atoms with van der Waals surface area (Å²) in [5, 5.41) is 0. The zero-order valence-corrected chi connectivity index (χ0v) is 12.7. The molecule has 120 valence electrons. The Labute approximate surface area is 133 Å². The third-order valence-electron chi connectivity index (χ3n) is 4.56. The van der Waals surface area contributed by atoms with Crippen LogP contribution in [0.4, 0.5) is 0 Å². The van der Waals surface area contributed by atoms with Crippen molar-refractivity contribution in [3.8, 4) is 0 Å². The van der Waals surface area contributed by atoms with E-state index in [1.807, 2.05) is 18.2 Å². The van der Waals surface area contributed by atoms with Gasteiger partial charge in [0.25, 0.3) is 11.5 Å². The van der Waals surface area contributed by atoms with E-state index in [0.717, 1.165) is 31.7 Å². The monoisotopic (exact) mass is 313 g/mol. The Kier molecular flexibility index (Phi) is 4.14. The number of H-pyrrole nitrogens is 1. The summed E-state index contributed by atoms with van der Waals surface area (Å²) >= 11 is 0. The SMILES string of the molecule is NC(=O)c1cc(=O)n(C2CCC(c3ccccc3)CC2)c(=O)[nH]1. The van der Waals surface area contributed by atoms with Gasteiger partial charge in [0, 0.05) is 12.1 Å². The fraction of sp³-hybridized carbons (Fsp3) is 0.353. The molecule has 0 saturated heterocycles. The molecule has 1 fully saturated rings. The lowest BCUT2D eigenvalue weighted by molar-refractivity contribution is 0.0994. The lowest BCUT2D eigenvalue weighted by atomic mass is 9.81. The summed E-state index contributed by atoms with van der Waals surface area (Å²) in [6.07, 6.45) is 3.38. The van der Waals surface area contributed by atoms with Gasteiger partial charge in [0.2, 0.25) is 0 Å². The molecule has 1 saturated carbocycles. The summed E-state index contributed by atoms with van der Waals surface area (Å²) in [5.74, 6) is -0.341. The van der Waals surface area contributed by atoms with Gasteiger partial charge in [0.1, 0.15) is 5.69 Å². The quantitative estimate of drug-likeness (QED) is 0.899. The molecule has 3 rings (SSSR count). The van der Waals surface area contributed by atoms with Crippen molar-refractivity contribution in [2.45, 2.75) is 37.6 Å². The van der Waals surface area contributed by atoms with Crippen LogP contribution in [-0.2, 0) is 0 Å². The number of primary amides is 1. The minimum absolute atomic E-state index is 0.131. The molecule has 0 bridgehead atoms. The summed E-state index contributed by atoms with van der Waals surface area (Å²) in [4.78, 5) is 37.8. The largest absolute Gasteiger partial charge is 0.364 e. The smallest absolute Gasteiger partial charge is 0.329 e. The summed E-state index contributed by atoms with van der Waals surface area (Å²) < 4.78 is 1.22. The van der Waals surface area contributed by atoms with Crippen LogP contribution in [-0.4, -0.2) is 15.5 Å². The number of nitrogens with zero attached hydrogens (tertiary/aromatic N) is 1. The normalized spacial score (nSPS) is 21.0. The van der Waals surface area contributed by atoms with Crippen LogP contribution in [0.2, 0.25) is 0 Å². The van der Waals surface area contributed by atoms with Crippen molar-refractivity contribution < 1.29 is 4.79 Å². The predicted octanol–water partition coefficient (Wildman–Crippen LogP) is 1.53. The molecule has 1 aliphatic rings. The molecule has 0 atom stereocenters. The van der Waals surface area contributed by atoms with Gasteiger partial charge in [-0.25, -0.2) is 4.79 Å². The summed E-state index contributed by atoms with van der Waals surface area (Å²) in [6, 6.07) is 11.3. The van der Waals surface area contributed by atoms with E-state index in [0.29, 0.717) is 5.92 Å². The van der Waals surface area contributed by atoms with Crippen LogP contribution < -0.4 is 17.0 Å². The number of amides is 1. The Hall–Kier alpha value is -2.63. The first-order valence-electron chi connectivity index (χ1n) is 7.77. The van der Waals surface area contributed by atoms with Gasteiger partial charge < -0.3 is 10.7 Å². The first kappa shape index (κ1) is 15.3. The van der Waals surface area contributed by atoms with Crippen LogP contribution >= 0.6 is 0 Å². The highest BCUT2D eigenvalue weighted by Gasteiger charge is 2.25. The van der Waals surface area contributed by atoms with Gasteiger partial charge in [0.15, 0.2) is 0 Å². The number of hydrogen-bond acceptors (Lipinski definition) is 3. The number of nitrogens with one attached hydrogen (secondary N) is 1. The number of rotatable bonds is 3. The molecular weight excluding hydrogens is 294 g/mol. The van der Waals surface area contributed by atoms with Gasteiger partial charge in [-0.1, -0.05) is 30.3 Å². The number of nitrogens with two attached hydrogens (primary N) is 1. The minimum Gasteiger partial charge on any atom is -0.364 e. The second kappa shape index (κ2) is 6.24. The molecule has 0 aliphatic heterocycles. The van der Waals surface area contributed by atoms with E-state index in [1.165, 1.54) is 10.1 Å². The maximum atomic E-state index is 12.2. The van der Waals surface area contributed by atoms with Crippen molar-refractivity contribution in [3.63, 3.8) is 0 Å². The second-order valence-electron chi connectivity index (χ2n) is 5.98. The van der Waals surface area contributed by atoms with E-state index in [9.17, 15) is 14.4 Å². The van der Waals surface area contributed by atoms with Crippen molar-refractivity contribution >= 4 is 5.91 Å². The molecule has 23 heavy (non-hydrogen) atoms. The lowest BCUT2D eigenvalue weighted by Gasteiger charge is -2.29. The Morgan fingerprint density at radius 2 is 1.74 bits per heavy atom. The molecular formula is C17H19N3O3. The first-order chi connectivity index (χ1) is 11.1. The van der Waals surface area contributed by atoms with E-state index >= 15 is 0 Å². The molecule has 1 heterocycles. The van der Waals surface area contributed by atoms with E-state index < -0.39 is 17.2 Å². The molecule has 1 aromatic carbocycles. The maximum Gasteiger partial charge on any atom is 0.329 e. The molecule has 1 amide bonds. The molecule has 0 unspecified atom stereocenters. The summed E-state index contributed by atoms with van der Waals surface area (Å²) in [5.41, 5.74) is 5.24. The molecule has 6 heteroatoms. The average Bonchev–Trinajstić information content (AvgIpc) is 2.55. The van der Waals surface area contributed by atoms with Crippen molar-refractivity contribution in [1.82, 2.24) is 9.55 Å². The van der Waals surface area contributed by atoms with Gasteiger partial charge in [0.05, 0.1) is 0 Å². The zero-order valence-electron chi connectivity index (χ0n) is 12.7. The summed E-state index contributed by atoms with van der Waals surface area (Å²) in [6.45, 7) is 0. The number of aromatic nitrogens is 2. The third kappa shape index (κ3) is 3.11. The Morgan fingerprint density at radius 1 is 1.09 bits per heavy atom. The molecule has 0 spiro atoms. The second-order valence-corrected chi connectivity index (χ2v) is 5.98. The van der Waals surface area contributed by atoms with Gasteiger partial charge in [-0.15, -0.1) is 0 Å². The first-order valence-corrected chi connectivity index (χ1v) is 7.77. The van der Waals surface area contributed by atoms with Crippen LogP contribution in [0.3, 0.4) is 0 Å². The van der Waals surface area contributed by atoms with Crippen molar-refractivity contribution in [1.29, 1.82) is 0 Å². The highest BCUT2D eigenvalue weighted by Crippen LogP contribution is 2.36. The Morgan fingerprint density at radius 3 is 2.30 bits per heavy atom. The van der Waals surface area contributed by atoms with Crippen molar-refractivity contribution in [2.24, 2.45) is 5.73 Å². The summed E-state index contributed by atoms with van der Waals surface area (Å²) in [7, 11) is 0. The number of aromatic amines is 1. The predicted molar refractivity (Wildman–Crippen MR) is 86.5 cm³/mol. The topological polar surface area (TPSA) is 97.9 Å². The average molecular weight is 313 g/mol. The maximum absolute atomic E-state index is 12.2. The van der Waals surface area contributed by atoms with Gasteiger partial charge in [-0.05, 0) is 37.2 Å². The minimum atomic E-state index is -0.806. The van der Waals surface area contributed by atoms with E-state index in [-0.39, 0.29) is 11.7 Å². The Balaban J connectivity index is 1.79. The fourth-order valence-corrected chi connectivity index (χ4v) is 3.38. The molecule has 0 radical (unpaired) electrons. The van der Waals surface area contributed by atoms with Crippen LogP contribution in [0.25, 0.3) is 0 Å². The molecule has 3 N–H and O–H groups in total. The standard InChI is InChI=1S/C17H19N3O3/c18-16(22)14-10-15(21)20(17(23)19-14)13-8-6-12(7-9-13)11-4-2-1-3-5-11/h1-5,10,12-13H,6-9H2,(H2,18,22)(H,19,23). The van der Waals surface area contributed by atoms with Crippen molar-refractivity contribution in [2.75, 3.05) is 0 Å². The van der Waals surface area contributed by atoms with Crippen LogP contribution in [0, 0.1) is 0 Å². The van der Waals surface area contributed by atoms with Gasteiger partial charge in [-0.2, -0.15) is 0 Å². The molecule has 1 aliphatic carbocycles. The van der Waals surface area contributed by atoms with Crippen LogP contribution in [0.1, 0.15) is 53.7 Å². The number of benzene rings is 1.